The van der Waals surface area contributed by atoms with Crippen LogP contribution in [0.5, 0.6) is 17.2 Å². The molecule has 34 heavy (non-hydrogen) atoms. The topological polar surface area (TPSA) is 92.7 Å². The summed E-state index contributed by atoms with van der Waals surface area (Å²) in [7, 11) is 6.38. The highest BCUT2D eigenvalue weighted by Crippen LogP contribution is 2.36. The summed E-state index contributed by atoms with van der Waals surface area (Å²) in [6.07, 6.45) is 1.31. The van der Waals surface area contributed by atoms with Crippen molar-refractivity contribution in [3.8, 4) is 17.2 Å². The van der Waals surface area contributed by atoms with E-state index in [0.29, 0.717) is 30.2 Å². The summed E-state index contributed by atoms with van der Waals surface area (Å²) in [6, 6.07) is 12.4. The number of hydrazone groups is 1. The molecule has 2 aromatic carbocycles. The van der Waals surface area contributed by atoms with Gasteiger partial charge >= 0.3 is 6.03 Å². The van der Waals surface area contributed by atoms with Crippen LogP contribution in [0, 0.1) is 0 Å². The third-order valence-electron chi connectivity index (χ3n) is 5.63. The molecule has 9 heteroatoms. The van der Waals surface area contributed by atoms with E-state index in [1.807, 2.05) is 43.3 Å². The number of likely N-dealkylation sites (N-methyl/N-ethyl adjacent to an activating group) is 1. The van der Waals surface area contributed by atoms with Crippen LogP contribution in [0.2, 0.25) is 0 Å². The molecule has 2 aromatic rings. The Bertz CT molecular complexity index is 1040. The number of amides is 3. The van der Waals surface area contributed by atoms with Gasteiger partial charge in [0.15, 0.2) is 0 Å². The van der Waals surface area contributed by atoms with Crippen LogP contribution < -0.4 is 19.5 Å². The second kappa shape index (κ2) is 11.4. The highest BCUT2D eigenvalue weighted by molar-refractivity contribution is 6.05. The van der Waals surface area contributed by atoms with Gasteiger partial charge in [-0.05, 0) is 36.2 Å². The highest BCUT2D eigenvalue weighted by atomic mass is 16.5. The molecule has 1 aliphatic rings. The molecule has 182 valence electrons. The molecule has 0 aliphatic carbocycles. The first-order chi connectivity index (χ1) is 16.4. The fourth-order valence-electron chi connectivity index (χ4n) is 3.74. The maximum Gasteiger partial charge on any atom is 0.317 e. The summed E-state index contributed by atoms with van der Waals surface area (Å²) >= 11 is 0. The van der Waals surface area contributed by atoms with Crippen LogP contribution in [0.15, 0.2) is 47.6 Å². The molecule has 1 heterocycles. The number of nitrogens with one attached hydrogen (secondary N) is 1. The highest BCUT2D eigenvalue weighted by Gasteiger charge is 2.34. The van der Waals surface area contributed by atoms with Crippen molar-refractivity contribution in [3.05, 3.63) is 53.6 Å². The van der Waals surface area contributed by atoms with Gasteiger partial charge in [-0.25, -0.2) is 9.80 Å². The number of methoxy groups -OCH3 is 3. The first kappa shape index (κ1) is 24.9. The smallest absolute Gasteiger partial charge is 0.317 e. The maximum absolute atomic E-state index is 13.3. The molecule has 0 saturated carbocycles. The molecule has 0 spiro atoms. The zero-order chi connectivity index (χ0) is 24.7. The second-order valence-corrected chi connectivity index (χ2v) is 7.93. The molecule has 1 aliphatic heterocycles. The summed E-state index contributed by atoms with van der Waals surface area (Å²) in [4.78, 5) is 26.9. The Hall–Kier alpha value is -3.75. The van der Waals surface area contributed by atoms with E-state index in [1.165, 1.54) is 9.91 Å². The number of benzene rings is 2. The average Bonchev–Trinajstić information content (AvgIpc) is 3.32. The average molecular weight is 469 g/mol. The minimum absolute atomic E-state index is 0.0985. The van der Waals surface area contributed by atoms with Crippen molar-refractivity contribution in [1.29, 1.82) is 0 Å². The van der Waals surface area contributed by atoms with Crippen molar-refractivity contribution >= 4 is 17.6 Å². The lowest BCUT2D eigenvalue weighted by molar-refractivity contribution is -0.133. The molecule has 0 unspecified atom stereocenters. The summed E-state index contributed by atoms with van der Waals surface area (Å²) in [6.45, 7) is 2.42. The zero-order valence-corrected chi connectivity index (χ0v) is 20.3. The molecule has 0 aromatic heterocycles. The molecule has 0 radical (unpaired) electrons. The van der Waals surface area contributed by atoms with Gasteiger partial charge in [-0.15, -0.1) is 0 Å². The van der Waals surface area contributed by atoms with Gasteiger partial charge in [0.1, 0.15) is 23.8 Å². The third-order valence-corrected chi connectivity index (χ3v) is 5.63. The molecule has 1 atom stereocenters. The van der Waals surface area contributed by atoms with Gasteiger partial charge in [-0.2, -0.15) is 5.10 Å². The van der Waals surface area contributed by atoms with Crippen LogP contribution in [0.1, 0.15) is 36.9 Å². The molecular formula is C25H32N4O5. The lowest BCUT2D eigenvalue weighted by Crippen LogP contribution is -2.43. The van der Waals surface area contributed by atoms with E-state index in [9.17, 15) is 9.59 Å². The summed E-state index contributed by atoms with van der Waals surface area (Å²) < 4.78 is 16.1. The fraction of sp³-hybridized carbons (Fsp3) is 0.400. The predicted octanol–water partition coefficient (Wildman–Crippen LogP) is 3.44. The molecule has 9 nitrogen and oxygen atoms in total. The zero-order valence-electron chi connectivity index (χ0n) is 20.3. The van der Waals surface area contributed by atoms with E-state index in [-0.39, 0.29) is 24.5 Å². The van der Waals surface area contributed by atoms with Crippen LogP contribution in [0.3, 0.4) is 0 Å². The molecule has 3 rings (SSSR count). The normalized spacial score (nSPS) is 14.9. The number of hydrogen-bond donors (Lipinski definition) is 1. The maximum atomic E-state index is 13.3. The third kappa shape index (κ3) is 5.59. The number of nitrogens with zero attached hydrogens (tertiary/aromatic N) is 3. The summed E-state index contributed by atoms with van der Waals surface area (Å²) in [5.41, 5.74) is 2.41. The Morgan fingerprint density at radius 2 is 1.74 bits per heavy atom. The van der Waals surface area contributed by atoms with Crippen molar-refractivity contribution in [2.45, 2.75) is 25.8 Å². The summed E-state index contributed by atoms with van der Waals surface area (Å²) in [5, 5.41) is 8.93. The molecule has 0 fully saturated rings. The monoisotopic (exact) mass is 468 g/mol. The summed E-state index contributed by atoms with van der Waals surface area (Å²) in [5.74, 6) is 1.72. The van der Waals surface area contributed by atoms with Gasteiger partial charge in [0.2, 0.25) is 0 Å². The van der Waals surface area contributed by atoms with Crippen LogP contribution in [0.4, 0.5) is 4.79 Å². The predicted molar refractivity (Wildman–Crippen MR) is 130 cm³/mol. The number of carbonyl (C=O) groups excluding carboxylic acids is 2. The second-order valence-electron chi connectivity index (χ2n) is 7.93. The SMILES string of the molecule is CCCNC(=O)N(C)CC(=O)N1N=C(c2ccc(OC)cc2OC)C[C@@H]1c1ccc(OC)cc1. The van der Waals surface area contributed by atoms with Gasteiger partial charge < -0.3 is 24.4 Å². The molecule has 1 N–H and O–H groups in total. The van der Waals surface area contributed by atoms with Crippen molar-refractivity contribution in [3.63, 3.8) is 0 Å². The van der Waals surface area contributed by atoms with Gasteiger partial charge in [0, 0.05) is 31.6 Å². The van der Waals surface area contributed by atoms with Crippen molar-refractivity contribution < 1.29 is 23.8 Å². The molecular weight excluding hydrogens is 436 g/mol. The van der Waals surface area contributed by atoms with Gasteiger partial charge in [0.25, 0.3) is 5.91 Å². The van der Waals surface area contributed by atoms with E-state index in [4.69, 9.17) is 14.2 Å². The van der Waals surface area contributed by atoms with E-state index in [0.717, 1.165) is 23.3 Å². The van der Waals surface area contributed by atoms with Crippen LogP contribution >= 0.6 is 0 Å². The number of hydrogen-bond acceptors (Lipinski definition) is 6. The van der Waals surface area contributed by atoms with Gasteiger partial charge in [-0.3, -0.25) is 4.79 Å². The minimum Gasteiger partial charge on any atom is -0.497 e. The van der Waals surface area contributed by atoms with Crippen molar-refractivity contribution in [2.75, 3.05) is 41.5 Å². The minimum atomic E-state index is -0.327. The first-order valence-electron chi connectivity index (χ1n) is 11.2. The Morgan fingerprint density at radius 3 is 2.35 bits per heavy atom. The number of urea groups is 1. The molecule has 0 bridgehead atoms. The van der Waals surface area contributed by atoms with E-state index < -0.39 is 0 Å². The standard InChI is InChI=1S/C25H32N4O5/c1-6-13-26-25(31)28(2)16-24(30)29-22(17-7-9-18(32-3)10-8-17)15-21(27-29)20-12-11-19(33-4)14-23(20)34-5/h7-12,14,22H,6,13,15-16H2,1-5H3,(H,26,31)/t22-/m1/s1. The van der Waals surface area contributed by atoms with E-state index in [2.05, 4.69) is 10.4 Å². The lowest BCUT2D eigenvalue weighted by atomic mass is 9.97. The number of ether oxygens (including phenoxy) is 3. The van der Waals surface area contributed by atoms with Crippen LogP contribution in [0.25, 0.3) is 0 Å². The molecule has 3 amide bonds. The fourth-order valence-corrected chi connectivity index (χ4v) is 3.74. The number of rotatable bonds is 9. The molecule has 0 saturated heterocycles. The van der Waals surface area contributed by atoms with E-state index >= 15 is 0 Å². The van der Waals surface area contributed by atoms with Crippen molar-refractivity contribution in [2.24, 2.45) is 5.10 Å². The quantitative estimate of drug-likeness (QED) is 0.609. The Morgan fingerprint density at radius 1 is 1.06 bits per heavy atom. The Kier molecular flexibility index (Phi) is 8.34. The first-order valence-corrected chi connectivity index (χ1v) is 11.2. The Labute approximate surface area is 200 Å². The number of carbonyl (C=O) groups is 2. The van der Waals surface area contributed by atoms with Gasteiger partial charge in [-0.1, -0.05) is 19.1 Å². The lowest BCUT2D eigenvalue weighted by Gasteiger charge is -2.25. The van der Waals surface area contributed by atoms with Gasteiger partial charge in [0.05, 0.1) is 33.1 Å². The largest absolute Gasteiger partial charge is 0.497 e. The Balaban J connectivity index is 1.91. The van der Waals surface area contributed by atoms with E-state index in [1.54, 1.807) is 34.4 Å². The van der Waals surface area contributed by atoms with Crippen LogP contribution in [-0.4, -0.2) is 69.0 Å². The van der Waals surface area contributed by atoms with Crippen molar-refractivity contribution in [1.82, 2.24) is 15.2 Å². The van der Waals surface area contributed by atoms with Crippen LogP contribution in [-0.2, 0) is 4.79 Å².